The van der Waals surface area contributed by atoms with Gasteiger partial charge in [-0.2, -0.15) is 0 Å². The molecule has 1 spiro atoms. The van der Waals surface area contributed by atoms with Gasteiger partial charge in [0.15, 0.2) is 0 Å². The summed E-state index contributed by atoms with van der Waals surface area (Å²) in [6, 6.07) is 0. The number of piperidine rings is 1. The minimum Gasteiger partial charge on any atom is -0.390 e. The summed E-state index contributed by atoms with van der Waals surface area (Å²) < 4.78 is 0. The van der Waals surface area contributed by atoms with Crippen LogP contribution in [0.15, 0.2) is 0 Å². The third-order valence-electron chi connectivity index (χ3n) is 2.74. The lowest BCUT2D eigenvalue weighted by Crippen LogP contribution is -2.48. The normalized spacial score (nSPS) is 43.8. The van der Waals surface area contributed by atoms with Gasteiger partial charge in [0, 0.05) is 5.54 Å². The highest BCUT2D eigenvalue weighted by molar-refractivity contribution is 5.08. The Labute approximate surface area is 61.6 Å². The van der Waals surface area contributed by atoms with Gasteiger partial charge < -0.3 is 10.4 Å². The van der Waals surface area contributed by atoms with Gasteiger partial charge in [0.25, 0.3) is 0 Å². The Morgan fingerprint density at radius 2 is 2.00 bits per heavy atom. The zero-order valence-corrected chi connectivity index (χ0v) is 6.48. The van der Waals surface area contributed by atoms with E-state index in [2.05, 4.69) is 5.32 Å². The fraction of sp³-hybridized carbons (Fsp3) is 1.00. The van der Waals surface area contributed by atoms with Crippen LogP contribution >= 0.6 is 0 Å². The molecule has 58 valence electrons. The minimum atomic E-state index is -0.387. The van der Waals surface area contributed by atoms with Crippen molar-refractivity contribution in [2.45, 2.75) is 43.7 Å². The van der Waals surface area contributed by atoms with E-state index in [1.165, 1.54) is 12.8 Å². The molecule has 0 radical (unpaired) electrons. The molecule has 0 aromatic carbocycles. The van der Waals surface area contributed by atoms with Crippen LogP contribution < -0.4 is 5.32 Å². The second kappa shape index (κ2) is 1.74. The number of aliphatic hydroxyl groups is 1. The predicted octanol–water partition coefficient (Wildman–Crippen LogP) is 0.653. The molecule has 2 fully saturated rings. The fourth-order valence-corrected chi connectivity index (χ4v) is 1.98. The lowest BCUT2D eigenvalue weighted by Gasteiger charge is -2.35. The molecule has 0 bridgehead atoms. The van der Waals surface area contributed by atoms with Gasteiger partial charge in [-0.1, -0.05) is 0 Å². The Morgan fingerprint density at radius 1 is 1.30 bits per heavy atom. The maximum Gasteiger partial charge on any atom is 0.0649 e. The molecule has 1 aliphatic heterocycles. The molecule has 0 aromatic heterocycles. The lowest BCUT2D eigenvalue weighted by atomic mass is 9.88. The Hall–Kier alpha value is -0.0800. The van der Waals surface area contributed by atoms with E-state index in [1.807, 2.05) is 6.92 Å². The second-order valence-electron chi connectivity index (χ2n) is 4.13. The van der Waals surface area contributed by atoms with E-state index < -0.39 is 0 Å². The van der Waals surface area contributed by atoms with E-state index in [0.717, 1.165) is 19.4 Å². The molecule has 2 nitrogen and oxygen atoms in total. The Bertz CT molecular complexity index is 145. The summed E-state index contributed by atoms with van der Waals surface area (Å²) >= 11 is 0. The lowest BCUT2D eigenvalue weighted by molar-refractivity contribution is 0.00883. The van der Waals surface area contributed by atoms with Gasteiger partial charge >= 0.3 is 0 Å². The quantitative estimate of drug-likeness (QED) is 0.519. The number of hydrogen-bond donors (Lipinski definition) is 2. The predicted molar refractivity (Wildman–Crippen MR) is 39.8 cm³/mol. The van der Waals surface area contributed by atoms with Crippen LogP contribution in [0.1, 0.15) is 32.6 Å². The van der Waals surface area contributed by atoms with Crippen LogP contribution in [0.4, 0.5) is 0 Å². The SMILES string of the molecule is CC1(O)CCNC2(CC2)C1. The van der Waals surface area contributed by atoms with Gasteiger partial charge in [-0.15, -0.1) is 0 Å². The first kappa shape index (κ1) is 6.62. The zero-order valence-electron chi connectivity index (χ0n) is 6.48. The molecule has 1 aliphatic carbocycles. The van der Waals surface area contributed by atoms with Gasteiger partial charge in [-0.3, -0.25) is 0 Å². The average Bonchev–Trinajstić information content (AvgIpc) is 2.45. The molecule has 1 unspecified atom stereocenters. The third kappa shape index (κ3) is 1.06. The fourth-order valence-electron chi connectivity index (χ4n) is 1.98. The minimum absolute atomic E-state index is 0.363. The summed E-state index contributed by atoms with van der Waals surface area (Å²) in [5.74, 6) is 0. The largest absolute Gasteiger partial charge is 0.390 e. The van der Waals surface area contributed by atoms with Gasteiger partial charge in [0.2, 0.25) is 0 Å². The summed E-state index contributed by atoms with van der Waals surface area (Å²) in [5.41, 5.74) is -0.0243. The van der Waals surface area contributed by atoms with Crippen LogP contribution in [0, 0.1) is 0 Å². The van der Waals surface area contributed by atoms with Crippen molar-refractivity contribution >= 4 is 0 Å². The summed E-state index contributed by atoms with van der Waals surface area (Å²) in [7, 11) is 0. The molecule has 1 saturated heterocycles. The summed E-state index contributed by atoms with van der Waals surface area (Å²) in [6.45, 7) is 2.95. The monoisotopic (exact) mass is 141 g/mol. The molecule has 1 atom stereocenters. The molecule has 1 heterocycles. The first-order valence-corrected chi connectivity index (χ1v) is 4.09. The van der Waals surface area contributed by atoms with Crippen molar-refractivity contribution in [2.75, 3.05) is 6.54 Å². The van der Waals surface area contributed by atoms with Gasteiger partial charge in [-0.25, -0.2) is 0 Å². The molecular weight excluding hydrogens is 126 g/mol. The van der Waals surface area contributed by atoms with Crippen molar-refractivity contribution in [3.05, 3.63) is 0 Å². The molecule has 2 heteroatoms. The van der Waals surface area contributed by atoms with Crippen molar-refractivity contribution in [1.29, 1.82) is 0 Å². The van der Waals surface area contributed by atoms with E-state index in [4.69, 9.17) is 0 Å². The van der Waals surface area contributed by atoms with Crippen LogP contribution in [0.2, 0.25) is 0 Å². The molecule has 0 amide bonds. The van der Waals surface area contributed by atoms with E-state index in [9.17, 15) is 5.11 Å². The topological polar surface area (TPSA) is 32.3 Å². The van der Waals surface area contributed by atoms with Crippen LogP contribution in [-0.2, 0) is 0 Å². The molecule has 2 N–H and O–H groups in total. The van der Waals surface area contributed by atoms with Crippen molar-refractivity contribution < 1.29 is 5.11 Å². The summed E-state index contributed by atoms with van der Waals surface area (Å²) in [6.07, 6.45) is 4.40. The van der Waals surface area contributed by atoms with Gasteiger partial charge in [0.1, 0.15) is 0 Å². The Morgan fingerprint density at radius 3 is 2.40 bits per heavy atom. The number of hydrogen-bond acceptors (Lipinski definition) is 2. The molecule has 2 aliphatic rings. The van der Waals surface area contributed by atoms with Crippen LogP contribution in [0.3, 0.4) is 0 Å². The smallest absolute Gasteiger partial charge is 0.0649 e. The Kier molecular flexibility index (Phi) is 1.15. The Balaban J connectivity index is 2.04. The number of nitrogens with one attached hydrogen (secondary N) is 1. The zero-order chi connectivity index (χ0) is 7.24. The van der Waals surface area contributed by atoms with Crippen LogP contribution in [0.25, 0.3) is 0 Å². The van der Waals surface area contributed by atoms with Crippen LogP contribution in [0.5, 0.6) is 0 Å². The van der Waals surface area contributed by atoms with Crippen LogP contribution in [-0.4, -0.2) is 22.8 Å². The molecule has 2 rings (SSSR count). The van der Waals surface area contributed by atoms with Gasteiger partial charge in [0.05, 0.1) is 5.60 Å². The van der Waals surface area contributed by atoms with E-state index in [1.54, 1.807) is 0 Å². The number of rotatable bonds is 0. The van der Waals surface area contributed by atoms with Crippen molar-refractivity contribution in [3.8, 4) is 0 Å². The maximum absolute atomic E-state index is 9.71. The standard InChI is InChI=1S/C8H15NO/c1-7(10)4-5-9-8(6-7)2-3-8/h9-10H,2-6H2,1H3. The highest BCUT2D eigenvalue weighted by atomic mass is 16.3. The molecule has 1 saturated carbocycles. The van der Waals surface area contributed by atoms with E-state index in [0.29, 0.717) is 5.54 Å². The molecule has 10 heavy (non-hydrogen) atoms. The summed E-state index contributed by atoms with van der Waals surface area (Å²) in [4.78, 5) is 0. The highest BCUT2D eigenvalue weighted by Gasteiger charge is 2.49. The van der Waals surface area contributed by atoms with Crippen molar-refractivity contribution in [1.82, 2.24) is 5.32 Å². The van der Waals surface area contributed by atoms with Gasteiger partial charge in [-0.05, 0) is 39.2 Å². The highest BCUT2D eigenvalue weighted by Crippen LogP contribution is 2.45. The first-order chi connectivity index (χ1) is 4.62. The molecular formula is C8H15NO. The second-order valence-corrected chi connectivity index (χ2v) is 4.13. The van der Waals surface area contributed by atoms with E-state index >= 15 is 0 Å². The first-order valence-electron chi connectivity index (χ1n) is 4.09. The maximum atomic E-state index is 9.71. The van der Waals surface area contributed by atoms with Crippen molar-refractivity contribution in [3.63, 3.8) is 0 Å². The average molecular weight is 141 g/mol. The van der Waals surface area contributed by atoms with Crippen molar-refractivity contribution in [2.24, 2.45) is 0 Å². The third-order valence-corrected chi connectivity index (χ3v) is 2.74. The van der Waals surface area contributed by atoms with E-state index in [-0.39, 0.29) is 5.60 Å². The molecule has 0 aromatic rings. The summed E-state index contributed by atoms with van der Waals surface area (Å²) in [5, 5.41) is 13.2.